The van der Waals surface area contributed by atoms with Gasteiger partial charge in [-0.2, -0.15) is 5.10 Å². The van der Waals surface area contributed by atoms with Crippen molar-refractivity contribution in [3.8, 4) is 0 Å². The topological polar surface area (TPSA) is 68.5 Å². The zero-order valence-electron chi connectivity index (χ0n) is 12.0. The van der Waals surface area contributed by atoms with Crippen LogP contribution in [-0.4, -0.2) is 27.5 Å². The first-order valence-corrected chi connectivity index (χ1v) is 7.66. The lowest BCUT2D eigenvalue weighted by molar-refractivity contribution is -0.131. The van der Waals surface area contributed by atoms with Crippen molar-refractivity contribution in [2.24, 2.45) is 12.2 Å². The van der Waals surface area contributed by atoms with Crippen molar-refractivity contribution >= 4 is 27.5 Å². The molecule has 2 heterocycles. The molecule has 1 amide bonds. The summed E-state index contributed by atoms with van der Waals surface area (Å²) < 4.78 is 2.66. The monoisotopic (exact) mass is 362 g/mol. The number of carbonyl (C=O) groups excluding carboxylic acids is 1. The van der Waals surface area contributed by atoms with Crippen LogP contribution in [0, 0.1) is 0 Å². The third-order valence-corrected chi connectivity index (χ3v) is 3.82. The summed E-state index contributed by atoms with van der Waals surface area (Å²) in [6.45, 7) is 0.381. The standard InChI is InChI=1S/C15H15BrN4O2/c1-20-6-5-12(18-20)9-17-15(21)14-8-13(19-22-14)10-3-2-4-11(16)7-10/h2-7,14H,8-9H2,1H3,(H,17,21). The number of rotatable bonds is 4. The van der Waals surface area contributed by atoms with Crippen molar-refractivity contribution in [3.05, 3.63) is 52.3 Å². The fraction of sp³-hybridized carbons (Fsp3) is 0.267. The molecule has 0 saturated carbocycles. The highest BCUT2D eigenvalue weighted by Gasteiger charge is 2.28. The van der Waals surface area contributed by atoms with Gasteiger partial charge in [-0.05, 0) is 18.2 Å². The van der Waals surface area contributed by atoms with E-state index in [4.69, 9.17) is 4.84 Å². The van der Waals surface area contributed by atoms with E-state index in [0.29, 0.717) is 13.0 Å². The average molecular weight is 363 g/mol. The second kappa shape index (κ2) is 6.31. The van der Waals surface area contributed by atoms with Gasteiger partial charge in [-0.25, -0.2) is 0 Å². The molecule has 2 aromatic rings. The molecule has 3 rings (SSSR count). The Bertz CT molecular complexity index is 726. The van der Waals surface area contributed by atoms with Crippen LogP contribution >= 0.6 is 15.9 Å². The normalized spacial score (nSPS) is 17.0. The molecule has 1 aliphatic heterocycles. The molecule has 1 N–H and O–H groups in total. The van der Waals surface area contributed by atoms with Gasteiger partial charge in [0.25, 0.3) is 5.91 Å². The van der Waals surface area contributed by atoms with Gasteiger partial charge in [-0.1, -0.05) is 33.2 Å². The summed E-state index contributed by atoms with van der Waals surface area (Å²) in [5.41, 5.74) is 2.54. The number of halogens is 1. The fourth-order valence-electron chi connectivity index (χ4n) is 2.21. The first-order chi connectivity index (χ1) is 10.6. The minimum Gasteiger partial charge on any atom is -0.382 e. The Morgan fingerprint density at radius 3 is 3.09 bits per heavy atom. The van der Waals surface area contributed by atoms with Crippen LogP contribution in [0.3, 0.4) is 0 Å². The number of amides is 1. The van der Waals surface area contributed by atoms with Crippen LogP contribution in [0.15, 0.2) is 46.2 Å². The highest BCUT2D eigenvalue weighted by molar-refractivity contribution is 9.10. The Balaban J connectivity index is 1.56. The van der Waals surface area contributed by atoms with Crippen LogP contribution in [0.25, 0.3) is 0 Å². The number of nitrogens with zero attached hydrogens (tertiary/aromatic N) is 3. The molecule has 0 fully saturated rings. The zero-order valence-corrected chi connectivity index (χ0v) is 13.6. The van der Waals surface area contributed by atoms with Crippen LogP contribution in [-0.2, 0) is 23.2 Å². The molecule has 0 saturated heterocycles. The maximum atomic E-state index is 12.1. The number of aromatic nitrogens is 2. The van der Waals surface area contributed by atoms with Crippen LogP contribution in [0.1, 0.15) is 17.7 Å². The number of oxime groups is 1. The van der Waals surface area contributed by atoms with Gasteiger partial charge in [-0.15, -0.1) is 0 Å². The Morgan fingerprint density at radius 1 is 1.50 bits per heavy atom. The van der Waals surface area contributed by atoms with E-state index < -0.39 is 6.10 Å². The minimum absolute atomic E-state index is 0.181. The number of benzene rings is 1. The summed E-state index contributed by atoms with van der Waals surface area (Å²) in [6.07, 6.45) is 1.71. The minimum atomic E-state index is -0.585. The van der Waals surface area contributed by atoms with E-state index in [9.17, 15) is 4.79 Å². The van der Waals surface area contributed by atoms with Gasteiger partial charge in [0.1, 0.15) is 0 Å². The molecule has 22 heavy (non-hydrogen) atoms. The first-order valence-electron chi connectivity index (χ1n) is 6.86. The maximum absolute atomic E-state index is 12.1. The average Bonchev–Trinajstić information content (AvgIpc) is 3.14. The van der Waals surface area contributed by atoms with Crippen molar-refractivity contribution in [2.75, 3.05) is 0 Å². The predicted octanol–water partition coefficient (Wildman–Crippen LogP) is 1.99. The van der Waals surface area contributed by atoms with Crippen molar-refractivity contribution < 1.29 is 9.63 Å². The Labute approximate surface area is 136 Å². The van der Waals surface area contributed by atoms with E-state index in [-0.39, 0.29) is 5.91 Å². The van der Waals surface area contributed by atoms with Crippen molar-refractivity contribution in [1.29, 1.82) is 0 Å². The molecule has 114 valence electrons. The van der Waals surface area contributed by atoms with Crippen LogP contribution in [0.4, 0.5) is 0 Å². The maximum Gasteiger partial charge on any atom is 0.264 e. The predicted molar refractivity (Wildman–Crippen MR) is 85.2 cm³/mol. The second-order valence-electron chi connectivity index (χ2n) is 5.05. The summed E-state index contributed by atoms with van der Waals surface area (Å²) in [7, 11) is 1.84. The van der Waals surface area contributed by atoms with E-state index in [1.54, 1.807) is 4.68 Å². The van der Waals surface area contributed by atoms with E-state index in [2.05, 4.69) is 31.5 Å². The molecule has 6 nitrogen and oxygen atoms in total. The van der Waals surface area contributed by atoms with Gasteiger partial charge >= 0.3 is 0 Å². The fourth-order valence-corrected chi connectivity index (χ4v) is 2.60. The third kappa shape index (κ3) is 3.36. The molecule has 1 aliphatic rings. The van der Waals surface area contributed by atoms with Gasteiger partial charge in [0.2, 0.25) is 6.10 Å². The van der Waals surface area contributed by atoms with Crippen molar-refractivity contribution in [1.82, 2.24) is 15.1 Å². The molecule has 7 heteroatoms. The van der Waals surface area contributed by atoms with Gasteiger partial charge < -0.3 is 10.2 Å². The van der Waals surface area contributed by atoms with Crippen LogP contribution in [0.2, 0.25) is 0 Å². The summed E-state index contributed by atoms with van der Waals surface area (Å²) in [6, 6.07) is 9.63. The smallest absolute Gasteiger partial charge is 0.264 e. The van der Waals surface area contributed by atoms with Crippen LogP contribution < -0.4 is 5.32 Å². The lowest BCUT2D eigenvalue weighted by Gasteiger charge is -2.08. The van der Waals surface area contributed by atoms with Crippen LogP contribution in [0.5, 0.6) is 0 Å². The number of hydrogen-bond acceptors (Lipinski definition) is 4. The largest absolute Gasteiger partial charge is 0.382 e. The Kier molecular flexibility index (Phi) is 4.24. The number of hydrogen-bond donors (Lipinski definition) is 1. The number of nitrogens with one attached hydrogen (secondary N) is 1. The lowest BCUT2D eigenvalue weighted by atomic mass is 10.0. The molecule has 0 aliphatic carbocycles. The van der Waals surface area contributed by atoms with Gasteiger partial charge in [0.15, 0.2) is 0 Å². The van der Waals surface area contributed by atoms with E-state index in [0.717, 1.165) is 21.4 Å². The lowest BCUT2D eigenvalue weighted by Crippen LogP contribution is -2.34. The van der Waals surface area contributed by atoms with E-state index in [1.807, 2.05) is 43.6 Å². The molecule has 1 unspecified atom stereocenters. The van der Waals surface area contributed by atoms with Gasteiger partial charge in [0, 0.05) is 29.7 Å². The molecule has 0 spiro atoms. The SMILES string of the molecule is Cn1ccc(CNC(=O)C2CC(c3cccc(Br)c3)=NO2)n1. The van der Waals surface area contributed by atoms with Gasteiger partial charge in [0.05, 0.1) is 18.0 Å². The summed E-state index contributed by atoms with van der Waals surface area (Å²) in [5.74, 6) is -0.181. The number of aryl methyl sites for hydroxylation is 1. The molecule has 0 radical (unpaired) electrons. The Hall–Kier alpha value is -2.15. The molecule has 1 aromatic carbocycles. The molecular formula is C15H15BrN4O2. The molecule has 0 bridgehead atoms. The molecular weight excluding hydrogens is 348 g/mol. The van der Waals surface area contributed by atoms with Crippen molar-refractivity contribution in [2.45, 2.75) is 19.1 Å². The molecule has 1 atom stereocenters. The summed E-state index contributed by atoms with van der Waals surface area (Å²) in [5, 5.41) is 11.0. The highest BCUT2D eigenvalue weighted by Crippen LogP contribution is 2.19. The third-order valence-electron chi connectivity index (χ3n) is 3.33. The quantitative estimate of drug-likeness (QED) is 0.904. The Morgan fingerprint density at radius 2 is 2.36 bits per heavy atom. The number of carbonyl (C=O) groups is 1. The summed E-state index contributed by atoms with van der Waals surface area (Å²) in [4.78, 5) is 17.4. The summed E-state index contributed by atoms with van der Waals surface area (Å²) >= 11 is 3.42. The highest BCUT2D eigenvalue weighted by atomic mass is 79.9. The second-order valence-corrected chi connectivity index (χ2v) is 5.96. The van der Waals surface area contributed by atoms with E-state index >= 15 is 0 Å². The van der Waals surface area contributed by atoms with E-state index in [1.165, 1.54) is 0 Å². The molecule has 1 aromatic heterocycles. The van der Waals surface area contributed by atoms with Crippen molar-refractivity contribution in [3.63, 3.8) is 0 Å². The zero-order chi connectivity index (χ0) is 15.5. The van der Waals surface area contributed by atoms with Gasteiger partial charge in [-0.3, -0.25) is 9.48 Å². The first kappa shape index (κ1) is 14.8.